The molecule has 0 saturated heterocycles. The zero-order chi connectivity index (χ0) is 10.4. The molecule has 0 atom stereocenters. The van der Waals surface area contributed by atoms with Crippen molar-refractivity contribution in [2.45, 2.75) is 13.8 Å². The maximum absolute atomic E-state index is 10.8. The van der Waals surface area contributed by atoms with E-state index in [2.05, 4.69) is 11.6 Å². The lowest BCUT2D eigenvalue weighted by atomic mass is 10.2. The molecule has 0 saturated carbocycles. The number of hydrogen-bond donors (Lipinski definition) is 1. The topological polar surface area (TPSA) is 66.7 Å². The highest BCUT2D eigenvalue weighted by Gasteiger charge is 2.04. The zero-order valence-corrected chi connectivity index (χ0v) is 7.57. The van der Waals surface area contributed by atoms with E-state index in [1.54, 1.807) is 0 Å². The van der Waals surface area contributed by atoms with E-state index in [1.165, 1.54) is 13.8 Å². The van der Waals surface area contributed by atoms with Crippen LogP contribution in [0.4, 0.5) is 0 Å². The van der Waals surface area contributed by atoms with Crippen molar-refractivity contribution in [3.8, 4) is 0 Å². The summed E-state index contributed by atoms with van der Waals surface area (Å²) in [4.78, 5) is 24.8. The zero-order valence-electron chi connectivity index (χ0n) is 7.57. The molecular weight excluding hydrogens is 170 g/mol. The number of aliphatic hydroxyl groups is 1. The molecule has 4 nitrogen and oxygen atoms in total. The fourth-order valence-corrected chi connectivity index (χ4v) is 0.620. The number of aliphatic hydroxyl groups excluding tert-OH is 1. The molecule has 13 heavy (non-hydrogen) atoms. The van der Waals surface area contributed by atoms with Gasteiger partial charge in [0, 0.05) is 6.21 Å². The average molecular weight is 181 g/mol. The number of Topliss-reactive ketones (excluding diaryl/α,β-unsaturated/α-hetero) is 1. The molecule has 0 aliphatic carbocycles. The molecule has 70 valence electrons. The first-order chi connectivity index (χ1) is 5.99. The first-order valence-corrected chi connectivity index (χ1v) is 3.60. The fourth-order valence-electron chi connectivity index (χ4n) is 0.620. The van der Waals surface area contributed by atoms with Crippen molar-refractivity contribution in [1.82, 2.24) is 0 Å². The van der Waals surface area contributed by atoms with Gasteiger partial charge in [0.15, 0.2) is 5.78 Å². The van der Waals surface area contributed by atoms with E-state index in [0.29, 0.717) is 0 Å². The Morgan fingerprint density at radius 2 is 1.92 bits per heavy atom. The van der Waals surface area contributed by atoms with Crippen LogP contribution in [0.25, 0.3) is 0 Å². The molecule has 1 amide bonds. The quantitative estimate of drug-likeness (QED) is 0.404. The molecule has 0 radical (unpaired) electrons. The van der Waals surface area contributed by atoms with Gasteiger partial charge in [0.2, 0.25) is 0 Å². The van der Waals surface area contributed by atoms with Gasteiger partial charge in [-0.25, -0.2) is 4.99 Å². The first kappa shape index (κ1) is 11.3. The molecule has 0 aromatic rings. The number of nitrogens with zero attached hydrogens (tertiary/aromatic N) is 1. The minimum absolute atomic E-state index is 0.0233. The summed E-state index contributed by atoms with van der Waals surface area (Å²) < 4.78 is 0. The van der Waals surface area contributed by atoms with Gasteiger partial charge in [-0.1, -0.05) is 6.58 Å². The van der Waals surface area contributed by atoms with Crippen molar-refractivity contribution >= 4 is 17.9 Å². The van der Waals surface area contributed by atoms with E-state index in [4.69, 9.17) is 5.11 Å². The molecule has 0 fully saturated rings. The number of amides is 1. The van der Waals surface area contributed by atoms with Gasteiger partial charge in [0.25, 0.3) is 5.91 Å². The van der Waals surface area contributed by atoms with Crippen molar-refractivity contribution in [1.29, 1.82) is 0 Å². The second-order valence-corrected chi connectivity index (χ2v) is 2.36. The highest BCUT2D eigenvalue weighted by Crippen LogP contribution is 1.99. The van der Waals surface area contributed by atoms with E-state index in [0.717, 1.165) is 12.3 Å². The van der Waals surface area contributed by atoms with Crippen LogP contribution in [-0.4, -0.2) is 23.0 Å². The highest BCUT2D eigenvalue weighted by molar-refractivity contribution is 6.14. The lowest BCUT2D eigenvalue weighted by Crippen LogP contribution is -2.02. The summed E-state index contributed by atoms with van der Waals surface area (Å²) >= 11 is 0. The van der Waals surface area contributed by atoms with Gasteiger partial charge < -0.3 is 5.11 Å². The standard InChI is InChI=1S/C9H11NO3/c1-4-9(13)10-5-8(6(2)11)7(3)12/h4-5,11H,1H2,2-3H3. The molecule has 0 rings (SSSR count). The van der Waals surface area contributed by atoms with E-state index >= 15 is 0 Å². The molecule has 0 aromatic heterocycles. The molecule has 0 spiro atoms. The maximum Gasteiger partial charge on any atom is 0.269 e. The van der Waals surface area contributed by atoms with Crippen LogP contribution < -0.4 is 0 Å². The van der Waals surface area contributed by atoms with Crippen LogP contribution in [0.1, 0.15) is 13.8 Å². The predicted molar refractivity (Wildman–Crippen MR) is 49.7 cm³/mol. The van der Waals surface area contributed by atoms with Crippen molar-refractivity contribution in [2.24, 2.45) is 4.99 Å². The van der Waals surface area contributed by atoms with Crippen molar-refractivity contribution in [3.05, 3.63) is 24.0 Å². The molecule has 0 heterocycles. The van der Waals surface area contributed by atoms with Gasteiger partial charge in [-0.3, -0.25) is 9.59 Å². The van der Waals surface area contributed by atoms with E-state index in [9.17, 15) is 9.59 Å². The van der Waals surface area contributed by atoms with Crippen LogP contribution in [0.15, 0.2) is 29.0 Å². The minimum atomic E-state index is -0.556. The second kappa shape index (κ2) is 5.03. The number of ketones is 1. The molecule has 0 unspecified atom stereocenters. The Kier molecular flexibility index (Phi) is 4.37. The van der Waals surface area contributed by atoms with Gasteiger partial charge >= 0.3 is 0 Å². The summed E-state index contributed by atoms with van der Waals surface area (Å²) in [6.07, 6.45) is 2.04. The Bertz CT molecular complexity index is 296. The summed E-state index contributed by atoms with van der Waals surface area (Å²) in [5, 5.41) is 9.00. The summed E-state index contributed by atoms with van der Waals surface area (Å²) in [6, 6.07) is 0. The Labute approximate surface area is 76.3 Å². The number of carbonyl (C=O) groups excluding carboxylic acids is 2. The largest absolute Gasteiger partial charge is 0.512 e. The van der Waals surface area contributed by atoms with Crippen LogP contribution in [-0.2, 0) is 9.59 Å². The van der Waals surface area contributed by atoms with Gasteiger partial charge in [0.05, 0.1) is 5.57 Å². The Balaban J connectivity index is 4.75. The van der Waals surface area contributed by atoms with E-state index < -0.39 is 5.91 Å². The summed E-state index contributed by atoms with van der Waals surface area (Å²) in [6.45, 7) is 5.83. The molecule has 1 N–H and O–H groups in total. The molecule has 0 aliphatic rings. The molecule has 0 aliphatic heterocycles. The third-order valence-electron chi connectivity index (χ3n) is 1.26. The number of rotatable bonds is 3. The number of carbonyl (C=O) groups is 2. The monoisotopic (exact) mass is 181 g/mol. The third-order valence-corrected chi connectivity index (χ3v) is 1.26. The summed E-state index contributed by atoms with van der Waals surface area (Å²) in [7, 11) is 0. The Hall–Kier alpha value is -1.71. The van der Waals surface area contributed by atoms with E-state index in [1.807, 2.05) is 0 Å². The Morgan fingerprint density at radius 3 is 2.23 bits per heavy atom. The highest BCUT2D eigenvalue weighted by atomic mass is 16.3. The SMILES string of the molecule is C=CC(=O)N=CC(C(C)=O)=C(C)O. The maximum atomic E-state index is 10.8. The smallest absolute Gasteiger partial charge is 0.269 e. The molecule has 0 aromatic carbocycles. The second-order valence-electron chi connectivity index (χ2n) is 2.36. The van der Waals surface area contributed by atoms with Crippen LogP contribution in [0.2, 0.25) is 0 Å². The first-order valence-electron chi connectivity index (χ1n) is 3.60. The number of aliphatic imine (C=N–C) groups is 1. The van der Waals surface area contributed by atoms with Crippen molar-refractivity contribution < 1.29 is 14.7 Å². The third kappa shape index (κ3) is 4.00. The van der Waals surface area contributed by atoms with Crippen LogP contribution in [0.5, 0.6) is 0 Å². The lowest BCUT2D eigenvalue weighted by molar-refractivity contribution is -0.113. The van der Waals surface area contributed by atoms with Crippen molar-refractivity contribution in [3.63, 3.8) is 0 Å². The van der Waals surface area contributed by atoms with Crippen molar-refractivity contribution in [2.75, 3.05) is 0 Å². The van der Waals surface area contributed by atoms with Gasteiger partial charge in [-0.2, -0.15) is 0 Å². The predicted octanol–water partition coefficient (Wildman–Crippen LogP) is 1.19. The Morgan fingerprint density at radius 1 is 1.38 bits per heavy atom. The molecular formula is C9H11NO3. The molecule has 4 heteroatoms. The minimum Gasteiger partial charge on any atom is -0.512 e. The van der Waals surface area contributed by atoms with Crippen LogP contribution in [0, 0.1) is 0 Å². The van der Waals surface area contributed by atoms with Gasteiger partial charge in [-0.15, -0.1) is 0 Å². The lowest BCUT2D eigenvalue weighted by Gasteiger charge is -1.95. The van der Waals surface area contributed by atoms with E-state index in [-0.39, 0.29) is 17.1 Å². The number of allylic oxidation sites excluding steroid dienone is 2. The molecule has 0 bridgehead atoms. The number of hydrogen-bond acceptors (Lipinski definition) is 3. The van der Waals surface area contributed by atoms with Crippen LogP contribution >= 0.6 is 0 Å². The average Bonchev–Trinajstić information content (AvgIpc) is 2.03. The van der Waals surface area contributed by atoms with Crippen LogP contribution in [0.3, 0.4) is 0 Å². The fraction of sp³-hybridized carbons (Fsp3) is 0.222. The van der Waals surface area contributed by atoms with Gasteiger partial charge in [-0.05, 0) is 19.9 Å². The summed E-state index contributed by atoms with van der Waals surface area (Å²) in [5.74, 6) is -1.06. The summed E-state index contributed by atoms with van der Waals surface area (Å²) in [5.41, 5.74) is 0.0233. The van der Waals surface area contributed by atoms with Gasteiger partial charge in [0.1, 0.15) is 5.76 Å². The normalized spacial score (nSPS) is 12.5.